The first-order valence-corrected chi connectivity index (χ1v) is 9.18. The van der Waals surface area contributed by atoms with E-state index in [2.05, 4.69) is 5.10 Å². The van der Waals surface area contributed by atoms with E-state index in [4.69, 9.17) is 22.3 Å². The summed E-state index contributed by atoms with van der Waals surface area (Å²) in [6.07, 6.45) is 0.486. The van der Waals surface area contributed by atoms with E-state index >= 15 is 0 Å². The van der Waals surface area contributed by atoms with Gasteiger partial charge in [0.1, 0.15) is 4.90 Å². The first kappa shape index (κ1) is 16.3. The normalized spacial score (nSPS) is 12.1. The van der Waals surface area contributed by atoms with E-state index in [0.29, 0.717) is 12.1 Å². The second-order valence-electron chi connectivity index (χ2n) is 5.30. The third kappa shape index (κ3) is 3.42. The molecule has 7 heteroatoms. The van der Waals surface area contributed by atoms with Gasteiger partial charge in [-0.15, -0.1) is 0 Å². The minimum Gasteiger partial charge on any atom is -0.220 e. The molecule has 0 unspecified atom stereocenters. The van der Waals surface area contributed by atoms with Crippen molar-refractivity contribution in [3.05, 3.63) is 40.7 Å². The van der Waals surface area contributed by atoms with Crippen LogP contribution >= 0.6 is 22.3 Å². The highest BCUT2D eigenvalue weighted by Gasteiger charge is 2.27. The number of aryl methyl sites for hydroxylation is 1. The fourth-order valence-corrected chi connectivity index (χ4v) is 3.99. The molecule has 0 aliphatic heterocycles. The first-order chi connectivity index (χ1) is 9.71. The Morgan fingerprint density at radius 1 is 1.29 bits per heavy atom. The topological polar surface area (TPSA) is 52.0 Å². The van der Waals surface area contributed by atoms with Crippen LogP contribution < -0.4 is 0 Å². The van der Waals surface area contributed by atoms with Crippen molar-refractivity contribution in [3.8, 4) is 5.69 Å². The van der Waals surface area contributed by atoms with Gasteiger partial charge in [0.2, 0.25) is 0 Å². The monoisotopic (exact) mass is 346 g/mol. The minimum atomic E-state index is -3.95. The quantitative estimate of drug-likeness (QED) is 0.787. The maximum absolute atomic E-state index is 11.8. The molecule has 114 valence electrons. The van der Waals surface area contributed by atoms with Crippen LogP contribution in [-0.4, -0.2) is 18.2 Å². The molecule has 0 fully saturated rings. The number of hydrogen-bond donors (Lipinski definition) is 0. The summed E-state index contributed by atoms with van der Waals surface area (Å²) in [5.74, 6) is 0.235. The third-order valence-electron chi connectivity index (χ3n) is 3.05. The minimum absolute atomic E-state index is 0.0231. The number of hydrogen-bond acceptors (Lipinski definition) is 3. The van der Waals surface area contributed by atoms with Crippen LogP contribution in [0.3, 0.4) is 0 Å². The molecule has 0 aliphatic rings. The van der Waals surface area contributed by atoms with Gasteiger partial charge in [0.15, 0.2) is 5.15 Å². The molecule has 0 saturated heterocycles. The molecular formula is C14H16Cl2N2O2S. The van der Waals surface area contributed by atoms with Gasteiger partial charge in [0.25, 0.3) is 9.05 Å². The van der Waals surface area contributed by atoms with Crippen molar-refractivity contribution in [2.45, 2.75) is 32.1 Å². The van der Waals surface area contributed by atoms with Gasteiger partial charge in [-0.2, -0.15) is 5.10 Å². The van der Waals surface area contributed by atoms with Crippen molar-refractivity contribution in [1.82, 2.24) is 9.78 Å². The standard InChI is InChI=1S/C14H16Cl2N2O2S/c1-9(2)8-11-13(21(16,19)20)14(15)18(17-11)12-7-5-4-6-10(12)3/h4-7,9H,8H2,1-3H3. The van der Waals surface area contributed by atoms with E-state index in [-0.39, 0.29) is 16.0 Å². The molecule has 21 heavy (non-hydrogen) atoms. The van der Waals surface area contributed by atoms with E-state index in [9.17, 15) is 8.42 Å². The molecule has 4 nitrogen and oxygen atoms in total. The second-order valence-corrected chi connectivity index (χ2v) is 8.16. The summed E-state index contributed by atoms with van der Waals surface area (Å²) in [5, 5.41) is 4.39. The van der Waals surface area contributed by atoms with E-state index in [1.165, 1.54) is 4.68 Å². The third-order valence-corrected chi connectivity index (χ3v) is 4.89. The first-order valence-electron chi connectivity index (χ1n) is 6.50. The molecule has 2 rings (SSSR count). The average molecular weight is 347 g/mol. The van der Waals surface area contributed by atoms with E-state index in [1.807, 2.05) is 45.0 Å². The van der Waals surface area contributed by atoms with Crippen LogP contribution in [0.2, 0.25) is 5.15 Å². The van der Waals surface area contributed by atoms with Gasteiger partial charge in [-0.1, -0.05) is 43.6 Å². The van der Waals surface area contributed by atoms with Gasteiger partial charge in [0.05, 0.1) is 11.4 Å². The van der Waals surface area contributed by atoms with Gasteiger partial charge in [-0.25, -0.2) is 13.1 Å². The maximum atomic E-state index is 11.8. The van der Waals surface area contributed by atoms with Crippen LogP contribution in [0.25, 0.3) is 5.69 Å². The largest absolute Gasteiger partial charge is 0.266 e. The predicted molar refractivity (Wildman–Crippen MR) is 84.9 cm³/mol. The molecule has 0 amide bonds. The fourth-order valence-electron chi connectivity index (χ4n) is 2.15. The average Bonchev–Trinajstić information content (AvgIpc) is 2.65. The lowest BCUT2D eigenvalue weighted by Crippen LogP contribution is -2.02. The Bertz CT molecular complexity index is 767. The smallest absolute Gasteiger partial charge is 0.220 e. The number of benzene rings is 1. The predicted octanol–water partition coefficient (Wildman–Crippen LogP) is 3.96. The lowest BCUT2D eigenvalue weighted by atomic mass is 10.1. The molecule has 2 aromatic rings. The van der Waals surface area contributed by atoms with Crippen molar-refractivity contribution < 1.29 is 8.42 Å². The molecule has 1 heterocycles. The zero-order chi connectivity index (χ0) is 15.8. The van der Waals surface area contributed by atoms with E-state index in [0.717, 1.165) is 11.3 Å². The summed E-state index contributed by atoms with van der Waals surface area (Å²) in [5.41, 5.74) is 2.07. The Morgan fingerprint density at radius 2 is 1.90 bits per heavy atom. The molecule has 0 N–H and O–H groups in total. The molecule has 0 saturated carbocycles. The van der Waals surface area contributed by atoms with Crippen molar-refractivity contribution in [1.29, 1.82) is 0 Å². The van der Waals surface area contributed by atoms with Crippen molar-refractivity contribution in [3.63, 3.8) is 0 Å². The molecular weight excluding hydrogens is 331 g/mol. The molecule has 0 aliphatic carbocycles. The van der Waals surface area contributed by atoms with Gasteiger partial charge in [0, 0.05) is 10.7 Å². The zero-order valence-electron chi connectivity index (χ0n) is 12.0. The Hall–Kier alpha value is -1.04. The SMILES string of the molecule is Cc1ccccc1-n1nc(CC(C)C)c(S(=O)(=O)Cl)c1Cl. The molecule has 0 atom stereocenters. The van der Waals surface area contributed by atoms with Crippen LogP contribution in [0.1, 0.15) is 25.1 Å². The lowest BCUT2D eigenvalue weighted by Gasteiger charge is -2.06. The maximum Gasteiger partial charge on any atom is 0.266 e. The summed E-state index contributed by atoms with van der Waals surface area (Å²) in [7, 11) is 1.57. The summed E-state index contributed by atoms with van der Waals surface area (Å²) < 4.78 is 25.1. The molecule has 0 radical (unpaired) electrons. The van der Waals surface area contributed by atoms with E-state index in [1.54, 1.807) is 0 Å². The Morgan fingerprint density at radius 3 is 2.43 bits per heavy atom. The van der Waals surface area contributed by atoms with E-state index < -0.39 is 9.05 Å². The van der Waals surface area contributed by atoms with Gasteiger partial charge >= 0.3 is 0 Å². The van der Waals surface area contributed by atoms with Crippen LogP contribution in [0.4, 0.5) is 0 Å². The van der Waals surface area contributed by atoms with Crippen molar-refractivity contribution in [2.24, 2.45) is 5.92 Å². The Balaban J connectivity index is 2.71. The number of rotatable bonds is 4. The molecule has 0 bridgehead atoms. The summed E-state index contributed by atoms with van der Waals surface area (Å²) in [4.78, 5) is -0.0946. The zero-order valence-corrected chi connectivity index (χ0v) is 14.3. The summed E-state index contributed by atoms with van der Waals surface area (Å²) in [6, 6.07) is 7.48. The Kier molecular flexibility index (Phi) is 4.66. The summed E-state index contributed by atoms with van der Waals surface area (Å²) in [6.45, 7) is 5.86. The van der Waals surface area contributed by atoms with Crippen molar-refractivity contribution in [2.75, 3.05) is 0 Å². The van der Waals surface area contributed by atoms with Crippen LogP contribution in [0.5, 0.6) is 0 Å². The number of nitrogens with zero attached hydrogens (tertiary/aromatic N) is 2. The summed E-state index contributed by atoms with van der Waals surface area (Å²) >= 11 is 6.24. The molecule has 1 aromatic carbocycles. The van der Waals surface area contributed by atoms with Crippen LogP contribution in [0, 0.1) is 12.8 Å². The fraction of sp³-hybridized carbons (Fsp3) is 0.357. The van der Waals surface area contributed by atoms with Gasteiger partial charge in [-0.3, -0.25) is 0 Å². The molecule has 0 spiro atoms. The number of halogens is 2. The number of aromatic nitrogens is 2. The Labute approximate surface area is 134 Å². The van der Waals surface area contributed by atoms with Gasteiger partial charge in [-0.05, 0) is 30.9 Å². The molecule has 1 aromatic heterocycles. The van der Waals surface area contributed by atoms with Gasteiger partial charge < -0.3 is 0 Å². The van der Waals surface area contributed by atoms with Crippen LogP contribution in [-0.2, 0) is 15.5 Å². The highest BCUT2D eigenvalue weighted by Crippen LogP contribution is 2.32. The van der Waals surface area contributed by atoms with Crippen molar-refractivity contribution >= 4 is 31.3 Å². The highest BCUT2D eigenvalue weighted by atomic mass is 35.7. The lowest BCUT2D eigenvalue weighted by molar-refractivity contribution is 0.600. The number of para-hydroxylation sites is 1. The highest BCUT2D eigenvalue weighted by molar-refractivity contribution is 8.13. The second kappa shape index (κ2) is 5.99. The van der Waals surface area contributed by atoms with Crippen LogP contribution in [0.15, 0.2) is 29.2 Å².